The van der Waals surface area contributed by atoms with E-state index in [0.717, 1.165) is 0 Å². The van der Waals surface area contributed by atoms with Gasteiger partial charge >= 0.3 is 0 Å². The number of hydrogen-bond donors (Lipinski definition) is 4. The summed E-state index contributed by atoms with van der Waals surface area (Å²) in [6, 6.07) is 5.72. The third kappa shape index (κ3) is 28.4. The first kappa shape index (κ1) is 32.0. The van der Waals surface area contributed by atoms with Crippen LogP contribution in [0.3, 0.4) is 0 Å². The fourth-order valence-electron chi connectivity index (χ4n) is 0.602. The van der Waals surface area contributed by atoms with Crippen LogP contribution in [0.15, 0.2) is 51.2 Å². The molecular formula is C14H21CoF3N5O4-. The van der Waals surface area contributed by atoms with E-state index in [1.54, 1.807) is 12.4 Å². The van der Waals surface area contributed by atoms with Gasteiger partial charge in [-0.05, 0) is 39.8 Å². The summed E-state index contributed by atoms with van der Waals surface area (Å²) in [4.78, 5) is 3.78. The molecule has 1 rings (SSSR count). The average Bonchev–Trinajstić information content (AvgIpc) is 2.67. The van der Waals surface area contributed by atoms with Crippen LogP contribution in [0.5, 0.6) is 0 Å². The molecule has 0 spiro atoms. The molecule has 0 atom stereocenters. The molecule has 0 aliphatic carbocycles. The van der Waals surface area contributed by atoms with Gasteiger partial charge in [0.2, 0.25) is 0 Å². The molecule has 1 aromatic rings. The topological polar surface area (TPSA) is 143 Å². The van der Waals surface area contributed by atoms with Gasteiger partial charge in [-0.3, -0.25) is 4.98 Å². The van der Waals surface area contributed by atoms with Crippen molar-refractivity contribution in [3.8, 4) is 0 Å². The van der Waals surface area contributed by atoms with Crippen molar-refractivity contribution >= 4 is 22.8 Å². The Morgan fingerprint density at radius 2 is 0.889 bits per heavy atom. The molecular weight excluding hydrogens is 418 g/mol. The van der Waals surface area contributed by atoms with E-state index in [4.69, 9.17) is 20.8 Å². The molecule has 27 heavy (non-hydrogen) atoms. The Hall–Kier alpha value is -2.67. The first-order chi connectivity index (χ1) is 12.2. The minimum Gasteiger partial charge on any atom is -0.411 e. The van der Waals surface area contributed by atoms with Gasteiger partial charge in [-0.1, -0.05) is 26.7 Å². The summed E-state index contributed by atoms with van der Waals surface area (Å²) in [6.07, 6.45) is 3.50. The second kappa shape index (κ2) is 23.3. The van der Waals surface area contributed by atoms with Crippen LogP contribution >= 0.6 is 0 Å². The summed E-state index contributed by atoms with van der Waals surface area (Å²) in [5, 5.41) is 43.3. The van der Waals surface area contributed by atoms with E-state index in [9.17, 15) is 13.2 Å². The summed E-state index contributed by atoms with van der Waals surface area (Å²) < 4.78 is 28.8. The van der Waals surface area contributed by atoms with Crippen molar-refractivity contribution in [3.63, 3.8) is 0 Å². The predicted octanol–water partition coefficient (Wildman–Crippen LogP) is 3.79. The van der Waals surface area contributed by atoms with Crippen molar-refractivity contribution < 1.29 is 50.8 Å². The van der Waals surface area contributed by atoms with Crippen LogP contribution in [0.4, 0.5) is 13.2 Å². The van der Waals surface area contributed by atoms with Gasteiger partial charge in [-0.15, -0.1) is 0 Å². The van der Waals surface area contributed by atoms with Crippen molar-refractivity contribution in [1.82, 2.24) is 4.98 Å². The Morgan fingerprint density at radius 1 is 0.667 bits per heavy atom. The van der Waals surface area contributed by atoms with E-state index in [1.165, 1.54) is 27.7 Å². The van der Waals surface area contributed by atoms with Crippen LogP contribution < -0.4 is 0 Å². The summed E-state index contributed by atoms with van der Waals surface area (Å²) >= 11 is 0. The number of hydrogen-bond acceptors (Lipinski definition) is 9. The molecule has 1 heterocycles. The molecule has 157 valence electrons. The van der Waals surface area contributed by atoms with Gasteiger partial charge in [0, 0.05) is 29.2 Å². The zero-order valence-electron chi connectivity index (χ0n) is 14.9. The molecule has 4 N–H and O–H groups in total. The standard InChI is InChI=1S/C5H5N.2C4H8N2O2.CF3.Co/c1-2-4-6-5-3-1;2*1-3(5-7)4(2)6-8;2-1(3)4;/h1-5H;2*7-8H,1-2H3;;/q;;;-1;/b;2*5-3+,6-4+;;. The molecule has 13 heteroatoms. The van der Waals surface area contributed by atoms with Gasteiger partial charge in [0.15, 0.2) is 6.68 Å². The molecule has 0 aliphatic rings. The third-order valence-corrected chi connectivity index (χ3v) is 2.21. The maximum atomic E-state index is 9.58. The van der Waals surface area contributed by atoms with Gasteiger partial charge in [-0.25, -0.2) is 0 Å². The van der Waals surface area contributed by atoms with Crippen LogP contribution in [-0.4, -0.2) is 48.7 Å². The largest absolute Gasteiger partial charge is 0.411 e. The fourth-order valence-corrected chi connectivity index (χ4v) is 0.602. The Morgan fingerprint density at radius 3 is 0.963 bits per heavy atom. The molecule has 0 unspecified atom stereocenters. The molecule has 1 radical (unpaired) electrons. The Kier molecular flexibility index (Phi) is 27.7. The SMILES string of the molecule is CC(=N\O)/C(C)=N/O.CC(=N\O)/C(C)=N/O.F[C-](F)F.[Co].c1ccncc1. The molecule has 1 aromatic heterocycles. The zero-order chi connectivity index (χ0) is 21.0. The Labute approximate surface area is 164 Å². The maximum absolute atomic E-state index is 9.58. The van der Waals surface area contributed by atoms with Gasteiger partial charge in [0.1, 0.15) is 22.8 Å². The smallest absolute Gasteiger partial charge is 0.154 e. The molecule has 0 saturated heterocycles. The summed E-state index contributed by atoms with van der Waals surface area (Å²) in [6.45, 7) is 3.06. The second-order valence-corrected chi connectivity index (χ2v) is 3.98. The quantitative estimate of drug-likeness (QED) is 0.240. The monoisotopic (exact) mass is 439 g/mol. The third-order valence-electron chi connectivity index (χ3n) is 2.21. The summed E-state index contributed by atoms with van der Waals surface area (Å²) in [7, 11) is 0. The molecule has 0 fully saturated rings. The molecule has 0 amide bonds. The molecule has 0 bridgehead atoms. The van der Waals surface area contributed by atoms with Crippen molar-refractivity contribution in [3.05, 3.63) is 37.3 Å². The van der Waals surface area contributed by atoms with Gasteiger partial charge in [0.25, 0.3) is 0 Å². The van der Waals surface area contributed by atoms with Crippen molar-refractivity contribution in [2.75, 3.05) is 0 Å². The predicted molar refractivity (Wildman–Crippen MR) is 90.4 cm³/mol. The minimum atomic E-state index is -3.08. The van der Waals surface area contributed by atoms with Crippen molar-refractivity contribution in [1.29, 1.82) is 0 Å². The Bertz CT molecular complexity index is 480. The van der Waals surface area contributed by atoms with Crippen LogP contribution in [0.1, 0.15) is 27.7 Å². The second-order valence-electron chi connectivity index (χ2n) is 3.98. The normalized spacial score (nSPS) is 11.6. The zero-order valence-corrected chi connectivity index (χ0v) is 15.9. The minimum absolute atomic E-state index is 0. The van der Waals surface area contributed by atoms with Crippen LogP contribution in [0.2, 0.25) is 0 Å². The van der Waals surface area contributed by atoms with E-state index in [2.05, 4.69) is 25.6 Å². The van der Waals surface area contributed by atoms with E-state index in [-0.39, 0.29) is 16.8 Å². The van der Waals surface area contributed by atoms with Crippen LogP contribution in [0, 0.1) is 6.68 Å². The average molecular weight is 439 g/mol. The fraction of sp³-hybridized carbons (Fsp3) is 0.286. The molecule has 0 aliphatic heterocycles. The van der Waals surface area contributed by atoms with E-state index in [1.807, 2.05) is 18.2 Å². The van der Waals surface area contributed by atoms with Crippen molar-refractivity contribution in [2.24, 2.45) is 20.6 Å². The van der Waals surface area contributed by atoms with Crippen LogP contribution in [0.25, 0.3) is 0 Å². The molecule has 0 saturated carbocycles. The molecule has 0 aromatic carbocycles. The van der Waals surface area contributed by atoms with Gasteiger partial charge in [0.05, 0.1) is 0 Å². The van der Waals surface area contributed by atoms with Gasteiger partial charge < -0.3 is 34.0 Å². The maximum Gasteiger partial charge on any atom is 0.154 e. The number of oxime groups is 4. The molecule has 9 nitrogen and oxygen atoms in total. The number of halogens is 3. The number of rotatable bonds is 2. The Balaban J connectivity index is -0.000000133. The van der Waals surface area contributed by atoms with E-state index >= 15 is 0 Å². The van der Waals surface area contributed by atoms with Crippen molar-refractivity contribution in [2.45, 2.75) is 27.7 Å². The number of pyridine rings is 1. The first-order valence-corrected chi connectivity index (χ1v) is 6.61. The number of nitrogens with zero attached hydrogens (tertiary/aromatic N) is 5. The number of aromatic nitrogens is 1. The van der Waals surface area contributed by atoms with Crippen LogP contribution in [-0.2, 0) is 16.8 Å². The van der Waals surface area contributed by atoms with E-state index < -0.39 is 6.68 Å². The summed E-state index contributed by atoms with van der Waals surface area (Å²) in [5.74, 6) is 0. The summed E-state index contributed by atoms with van der Waals surface area (Å²) in [5.41, 5.74) is 1.25. The van der Waals surface area contributed by atoms with Gasteiger partial charge in [-0.2, -0.15) is 0 Å². The van der Waals surface area contributed by atoms with E-state index in [0.29, 0.717) is 22.8 Å². The first-order valence-electron chi connectivity index (χ1n) is 6.61.